The fourth-order valence-corrected chi connectivity index (χ4v) is 4.74. The van der Waals surface area contributed by atoms with E-state index in [1.165, 1.54) is 0 Å². The van der Waals surface area contributed by atoms with Crippen LogP contribution in [0.2, 0.25) is 0 Å². The van der Waals surface area contributed by atoms with Crippen molar-refractivity contribution in [1.82, 2.24) is 14.9 Å². The summed E-state index contributed by atoms with van der Waals surface area (Å²) in [6, 6.07) is 9.53. The number of ether oxygens (including phenoxy) is 2. The number of piperazine rings is 1. The summed E-state index contributed by atoms with van der Waals surface area (Å²) in [5, 5.41) is 3.12. The Bertz CT molecular complexity index is 1030. The predicted molar refractivity (Wildman–Crippen MR) is 116 cm³/mol. The third-order valence-corrected chi connectivity index (χ3v) is 6.47. The van der Waals surface area contributed by atoms with Gasteiger partial charge in [-0.05, 0) is 42.5 Å². The Morgan fingerprint density at radius 2 is 2.10 bits per heavy atom. The van der Waals surface area contributed by atoms with Crippen LogP contribution >= 0.6 is 11.3 Å². The molecular formula is C22H24N4O3S. The maximum atomic E-state index is 13.0. The van der Waals surface area contributed by atoms with Gasteiger partial charge in [0.05, 0.1) is 11.5 Å². The molecule has 8 heteroatoms. The molecule has 7 nitrogen and oxygen atoms in total. The topological polar surface area (TPSA) is 67.8 Å². The molecule has 2 aliphatic heterocycles. The average molecular weight is 425 g/mol. The van der Waals surface area contributed by atoms with Crippen LogP contribution in [0, 0.1) is 0 Å². The number of carbonyl (C=O) groups is 1. The Hall–Kier alpha value is -2.71. The van der Waals surface area contributed by atoms with E-state index in [1.54, 1.807) is 17.7 Å². The highest BCUT2D eigenvalue weighted by molar-refractivity contribution is 7.16. The Labute approximate surface area is 179 Å². The second kappa shape index (κ2) is 8.57. The molecule has 0 bridgehead atoms. The van der Waals surface area contributed by atoms with Crippen LogP contribution in [0.1, 0.15) is 23.2 Å². The molecule has 156 valence electrons. The van der Waals surface area contributed by atoms with Crippen molar-refractivity contribution in [2.45, 2.75) is 18.9 Å². The number of hydrogen-bond donors (Lipinski definition) is 0. The van der Waals surface area contributed by atoms with Crippen LogP contribution in [0.4, 0.5) is 5.82 Å². The Morgan fingerprint density at radius 1 is 1.20 bits per heavy atom. The van der Waals surface area contributed by atoms with Gasteiger partial charge in [0, 0.05) is 38.3 Å². The van der Waals surface area contributed by atoms with Crippen LogP contribution in [0.25, 0.3) is 10.2 Å². The highest BCUT2D eigenvalue weighted by Crippen LogP contribution is 2.27. The summed E-state index contributed by atoms with van der Waals surface area (Å²) in [5.74, 6) is 1.72. The fourth-order valence-electron chi connectivity index (χ4n) is 4.02. The molecule has 0 aliphatic carbocycles. The highest BCUT2D eigenvalue weighted by atomic mass is 32.1. The van der Waals surface area contributed by atoms with E-state index in [0.29, 0.717) is 25.3 Å². The number of amides is 1. The van der Waals surface area contributed by atoms with Gasteiger partial charge in [0.2, 0.25) is 0 Å². The molecule has 2 aliphatic rings. The first kappa shape index (κ1) is 19.3. The normalized spacial score (nSPS) is 19.4. The molecular weight excluding hydrogens is 400 g/mol. The Kier molecular flexibility index (Phi) is 5.50. The van der Waals surface area contributed by atoms with E-state index in [4.69, 9.17) is 9.47 Å². The van der Waals surface area contributed by atoms with Gasteiger partial charge in [-0.25, -0.2) is 9.97 Å². The lowest BCUT2D eigenvalue weighted by atomic mass is 10.1. The molecule has 3 aromatic rings. The SMILES string of the molecule is O=C(c1cccc(OCC2CCCO2)c1)N1CCN(c2ncnc3sccc23)CC1. The lowest BCUT2D eigenvalue weighted by molar-refractivity contribution is 0.0677. The summed E-state index contributed by atoms with van der Waals surface area (Å²) in [6.45, 7) is 4.18. The quantitative estimate of drug-likeness (QED) is 0.627. The summed E-state index contributed by atoms with van der Waals surface area (Å²) in [4.78, 5) is 27.0. The van der Waals surface area contributed by atoms with Gasteiger partial charge >= 0.3 is 0 Å². The van der Waals surface area contributed by atoms with Crippen LogP contribution in [0.15, 0.2) is 42.0 Å². The average Bonchev–Trinajstić information content (AvgIpc) is 3.49. The molecule has 1 atom stereocenters. The molecule has 0 N–H and O–H groups in total. The predicted octanol–water partition coefficient (Wildman–Crippen LogP) is 3.21. The van der Waals surface area contributed by atoms with Crippen LogP contribution < -0.4 is 9.64 Å². The summed E-state index contributed by atoms with van der Waals surface area (Å²) in [7, 11) is 0. The van der Waals surface area contributed by atoms with Crippen molar-refractivity contribution in [3.63, 3.8) is 0 Å². The number of anilines is 1. The number of hydrogen-bond acceptors (Lipinski definition) is 7. The molecule has 30 heavy (non-hydrogen) atoms. The van der Waals surface area contributed by atoms with Crippen molar-refractivity contribution >= 4 is 33.3 Å². The molecule has 1 unspecified atom stereocenters. The van der Waals surface area contributed by atoms with Gasteiger partial charge in [0.25, 0.3) is 5.91 Å². The van der Waals surface area contributed by atoms with E-state index >= 15 is 0 Å². The van der Waals surface area contributed by atoms with Gasteiger partial charge in [0.1, 0.15) is 29.3 Å². The molecule has 1 amide bonds. The summed E-state index contributed by atoms with van der Waals surface area (Å²) >= 11 is 1.62. The van der Waals surface area contributed by atoms with E-state index < -0.39 is 0 Å². The third-order valence-electron chi connectivity index (χ3n) is 5.65. The van der Waals surface area contributed by atoms with E-state index in [2.05, 4.69) is 20.9 Å². The van der Waals surface area contributed by atoms with Crippen LogP contribution in [-0.4, -0.2) is 66.3 Å². The number of rotatable bonds is 5. The van der Waals surface area contributed by atoms with Gasteiger partial charge in [0.15, 0.2) is 0 Å². The zero-order valence-corrected chi connectivity index (χ0v) is 17.5. The van der Waals surface area contributed by atoms with E-state index in [9.17, 15) is 4.79 Å². The molecule has 2 saturated heterocycles. The molecule has 2 aromatic heterocycles. The first-order valence-corrected chi connectivity index (χ1v) is 11.2. The minimum atomic E-state index is 0.0422. The fraction of sp³-hybridized carbons (Fsp3) is 0.409. The van der Waals surface area contributed by atoms with Crippen molar-refractivity contribution in [3.8, 4) is 5.75 Å². The Balaban J connectivity index is 1.21. The van der Waals surface area contributed by atoms with Crippen LogP contribution in [0.5, 0.6) is 5.75 Å². The van der Waals surface area contributed by atoms with Crippen molar-refractivity contribution in [2.75, 3.05) is 44.3 Å². The number of fused-ring (bicyclic) bond motifs is 1. The summed E-state index contributed by atoms with van der Waals surface area (Å²) in [5.41, 5.74) is 0.663. The molecule has 1 aromatic carbocycles. The molecule has 5 rings (SSSR count). The number of aromatic nitrogens is 2. The van der Waals surface area contributed by atoms with E-state index in [1.807, 2.05) is 34.5 Å². The van der Waals surface area contributed by atoms with Crippen LogP contribution in [0.3, 0.4) is 0 Å². The third kappa shape index (κ3) is 3.97. The van der Waals surface area contributed by atoms with Crippen molar-refractivity contribution in [1.29, 1.82) is 0 Å². The minimum absolute atomic E-state index is 0.0422. The number of thiophene rings is 1. The van der Waals surface area contributed by atoms with Gasteiger partial charge in [-0.2, -0.15) is 0 Å². The molecule has 0 saturated carbocycles. The maximum Gasteiger partial charge on any atom is 0.254 e. The number of carbonyl (C=O) groups excluding carboxylic acids is 1. The maximum absolute atomic E-state index is 13.0. The van der Waals surface area contributed by atoms with Gasteiger partial charge in [-0.3, -0.25) is 4.79 Å². The number of nitrogens with zero attached hydrogens (tertiary/aromatic N) is 4. The summed E-state index contributed by atoms with van der Waals surface area (Å²) < 4.78 is 11.5. The second-order valence-electron chi connectivity index (χ2n) is 7.59. The van der Waals surface area contributed by atoms with Gasteiger partial charge in [-0.15, -0.1) is 11.3 Å². The molecule has 0 radical (unpaired) electrons. The molecule has 4 heterocycles. The largest absolute Gasteiger partial charge is 0.491 e. The lowest BCUT2D eigenvalue weighted by Crippen LogP contribution is -2.49. The Morgan fingerprint density at radius 3 is 2.93 bits per heavy atom. The molecule has 0 spiro atoms. The number of benzene rings is 1. The summed E-state index contributed by atoms with van der Waals surface area (Å²) in [6.07, 6.45) is 3.90. The van der Waals surface area contributed by atoms with Crippen molar-refractivity contribution < 1.29 is 14.3 Å². The van der Waals surface area contributed by atoms with Crippen LogP contribution in [-0.2, 0) is 4.74 Å². The molecule has 2 fully saturated rings. The zero-order chi connectivity index (χ0) is 20.3. The monoisotopic (exact) mass is 424 g/mol. The first-order valence-electron chi connectivity index (χ1n) is 10.3. The minimum Gasteiger partial charge on any atom is -0.491 e. The zero-order valence-electron chi connectivity index (χ0n) is 16.7. The van der Waals surface area contributed by atoms with E-state index in [-0.39, 0.29) is 12.0 Å². The second-order valence-corrected chi connectivity index (χ2v) is 8.48. The first-order chi connectivity index (χ1) is 14.8. The van der Waals surface area contributed by atoms with Gasteiger partial charge in [-0.1, -0.05) is 6.07 Å². The van der Waals surface area contributed by atoms with Crippen molar-refractivity contribution in [2.24, 2.45) is 0 Å². The lowest BCUT2D eigenvalue weighted by Gasteiger charge is -2.35. The van der Waals surface area contributed by atoms with Gasteiger partial charge < -0.3 is 19.3 Å². The smallest absolute Gasteiger partial charge is 0.254 e. The van der Waals surface area contributed by atoms with Crippen molar-refractivity contribution in [3.05, 3.63) is 47.6 Å². The standard InChI is InChI=1S/C22H24N4O3S/c27-22(16-3-1-4-17(13-16)29-14-18-5-2-11-28-18)26-9-7-25(8-10-26)20-19-6-12-30-21(19)24-15-23-20/h1,3-4,6,12-13,15,18H,2,5,7-11,14H2. The van der Waals surface area contributed by atoms with E-state index in [0.717, 1.165) is 54.3 Å². The highest BCUT2D eigenvalue weighted by Gasteiger charge is 2.24.